The number of non-ortho nitro benzene ring substituents is 1. The zero-order valence-corrected chi connectivity index (χ0v) is 16.3. The minimum Gasteiger partial charge on any atom is -0.493 e. The Morgan fingerprint density at radius 2 is 1.80 bits per heavy atom. The van der Waals surface area contributed by atoms with E-state index in [4.69, 9.17) is 14.3 Å². The lowest BCUT2D eigenvalue weighted by atomic mass is 9.94. The number of fused-ring (bicyclic) bond motifs is 1. The van der Waals surface area contributed by atoms with Gasteiger partial charge < -0.3 is 14.3 Å². The fourth-order valence-electron chi connectivity index (χ4n) is 3.65. The van der Waals surface area contributed by atoms with Crippen molar-refractivity contribution in [2.75, 3.05) is 19.1 Å². The fourth-order valence-corrected chi connectivity index (χ4v) is 3.65. The number of benzene rings is 2. The molecule has 0 bridgehead atoms. The van der Waals surface area contributed by atoms with Gasteiger partial charge in [0.1, 0.15) is 11.6 Å². The molecule has 2 aromatic rings. The summed E-state index contributed by atoms with van der Waals surface area (Å²) >= 11 is 0. The highest BCUT2D eigenvalue weighted by atomic mass is 16.7. The van der Waals surface area contributed by atoms with E-state index in [0.29, 0.717) is 28.3 Å². The number of amides is 2. The monoisotopic (exact) mass is 411 g/mol. The van der Waals surface area contributed by atoms with E-state index < -0.39 is 28.8 Å². The Morgan fingerprint density at radius 3 is 2.43 bits per heavy atom. The highest BCUT2D eigenvalue weighted by Crippen LogP contribution is 2.38. The molecule has 2 atom stereocenters. The molecule has 2 aromatic carbocycles. The number of nitrogens with zero attached hydrogens (tertiary/aromatic N) is 3. The third kappa shape index (κ3) is 2.84. The van der Waals surface area contributed by atoms with Crippen molar-refractivity contribution in [2.45, 2.75) is 13.0 Å². The number of aryl methyl sites for hydroxylation is 1. The van der Waals surface area contributed by atoms with Gasteiger partial charge in [0, 0.05) is 17.7 Å². The zero-order chi connectivity index (χ0) is 21.6. The highest BCUT2D eigenvalue weighted by molar-refractivity contribution is 6.32. The number of oxime groups is 1. The number of ether oxygens (including phenoxy) is 2. The molecule has 10 nitrogen and oxygen atoms in total. The molecule has 10 heteroatoms. The summed E-state index contributed by atoms with van der Waals surface area (Å²) in [5.74, 6) is -1.05. The van der Waals surface area contributed by atoms with Crippen LogP contribution in [0.3, 0.4) is 0 Å². The van der Waals surface area contributed by atoms with Crippen molar-refractivity contribution in [1.29, 1.82) is 0 Å². The van der Waals surface area contributed by atoms with E-state index in [0.717, 1.165) is 4.90 Å². The normalized spacial score (nSPS) is 20.0. The molecule has 0 radical (unpaired) electrons. The Kier molecular flexibility index (Phi) is 4.61. The molecule has 2 amide bonds. The average molecular weight is 411 g/mol. The van der Waals surface area contributed by atoms with Crippen LogP contribution in [0.25, 0.3) is 0 Å². The SMILES string of the molecule is COc1ccc(C2=NO[C@H]3C(=O)N(c4ccc([N+](=O)[O-])cc4C)C(=O)[C@@H]23)cc1OC. The van der Waals surface area contributed by atoms with Crippen molar-refractivity contribution in [3.8, 4) is 11.5 Å². The van der Waals surface area contributed by atoms with Crippen molar-refractivity contribution in [2.24, 2.45) is 11.1 Å². The minimum absolute atomic E-state index is 0.126. The van der Waals surface area contributed by atoms with Crippen LogP contribution in [0.1, 0.15) is 11.1 Å². The van der Waals surface area contributed by atoms with E-state index in [1.165, 1.54) is 32.4 Å². The molecule has 4 rings (SSSR count). The lowest BCUT2D eigenvalue weighted by Gasteiger charge is -2.17. The predicted molar refractivity (Wildman–Crippen MR) is 105 cm³/mol. The molecule has 30 heavy (non-hydrogen) atoms. The van der Waals surface area contributed by atoms with Crippen LogP contribution < -0.4 is 14.4 Å². The molecular weight excluding hydrogens is 394 g/mol. The van der Waals surface area contributed by atoms with Crippen molar-refractivity contribution >= 4 is 28.9 Å². The van der Waals surface area contributed by atoms with Gasteiger partial charge in [-0.1, -0.05) is 5.16 Å². The van der Waals surface area contributed by atoms with Gasteiger partial charge in [-0.15, -0.1) is 0 Å². The van der Waals surface area contributed by atoms with Gasteiger partial charge in [0.05, 0.1) is 24.8 Å². The van der Waals surface area contributed by atoms with Crippen LogP contribution in [-0.4, -0.2) is 42.8 Å². The van der Waals surface area contributed by atoms with E-state index in [9.17, 15) is 19.7 Å². The Hall–Kier alpha value is -3.95. The lowest BCUT2D eigenvalue weighted by molar-refractivity contribution is -0.384. The molecule has 1 saturated heterocycles. The minimum atomic E-state index is -1.09. The average Bonchev–Trinajstić information content (AvgIpc) is 3.28. The number of nitro groups is 1. The molecule has 2 aliphatic heterocycles. The largest absolute Gasteiger partial charge is 0.493 e. The summed E-state index contributed by atoms with van der Waals surface area (Å²) in [5.41, 5.74) is 1.44. The van der Waals surface area contributed by atoms with E-state index in [1.54, 1.807) is 25.1 Å². The topological polar surface area (TPSA) is 121 Å². The van der Waals surface area contributed by atoms with Crippen molar-refractivity contribution in [1.82, 2.24) is 0 Å². The first-order valence-corrected chi connectivity index (χ1v) is 8.96. The Labute approximate surface area is 170 Å². The van der Waals surface area contributed by atoms with E-state index >= 15 is 0 Å². The van der Waals surface area contributed by atoms with Gasteiger partial charge in [-0.05, 0) is 36.8 Å². The molecule has 0 saturated carbocycles. The van der Waals surface area contributed by atoms with Gasteiger partial charge in [-0.3, -0.25) is 19.7 Å². The molecule has 1 fully saturated rings. The summed E-state index contributed by atoms with van der Waals surface area (Å²) in [6, 6.07) is 8.97. The van der Waals surface area contributed by atoms with Crippen LogP contribution >= 0.6 is 0 Å². The summed E-state index contributed by atoms with van der Waals surface area (Å²) in [4.78, 5) is 42.8. The van der Waals surface area contributed by atoms with Gasteiger partial charge in [-0.25, -0.2) is 4.90 Å². The number of hydrogen-bond acceptors (Lipinski definition) is 8. The third-order valence-electron chi connectivity index (χ3n) is 5.12. The summed E-state index contributed by atoms with van der Waals surface area (Å²) in [7, 11) is 2.99. The lowest BCUT2D eigenvalue weighted by Crippen LogP contribution is -2.33. The molecule has 0 aliphatic carbocycles. The first kappa shape index (κ1) is 19.4. The number of nitro benzene ring substituents is 1. The standard InChI is InChI=1S/C20H17N3O7/c1-10-8-12(23(26)27)5-6-13(10)22-19(24)16-17(21-30-18(16)20(22)25)11-4-7-14(28-2)15(9-11)29-3/h4-9,16,18H,1-3H3/t16-,18+/m0/s1. The van der Waals surface area contributed by atoms with Gasteiger partial charge in [0.25, 0.3) is 11.6 Å². The van der Waals surface area contributed by atoms with Crippen LogP contribution in [-0.2, 0) is 14.4 Å². The van der Waals surface area contributed by atoms with E-state index in [-0.39, 0.29) is 11.4 Å². The number of carbonyl (C=O) groups is 2. The Balaban J connectivity index is 1.69. The van der Waals surface area contributed by atoms with Crippen LogP contribution in [0.4, 0.5) is 11.4 Å². The van der Waals surface area contributed by atoms with Gasteiger partial charge >= 0.3 is 0 Å². The number of anilines is 1. The molecule has 2 heterocycles. The summed E-state index contributed by atoms with van der Waals surface area (Å²) in [6.45, 7) is 1.60. The highest BCUT2D eigenvalue weighted by Gasteiger charge is 2.56. The zero-order valence-electron chi connectivity index (χ0n) is 16.3. The second-order valence-corrected chi connectivity index (χ2v) is 6.79. The molecule has 0 N–H and O–H groups in total. The van der Waals surface area contributed by atoms with Crippen LogP contribution in [0.15, 0.2) is 41.6 Å². The van der Waals surface area contributed by atoms with Crippen molar-refractivity contribution in [3.05, 3.63) is 57.6 Å². The maximum absolute atomic E-state index is 13.2. The third-order valence-corrected chi connectivity index (χ3v) is 5.12. The molecular formula is C20H17N3O7. The van der Waals surface area contributed by atoms with Crippen LogP contribution in [0, 0.1) is 23.0 Å². The number of methoxy groups -OCH3 is 2. The first-order valence-electron chi connectivity index (χ1n) is 8.96. The van der Waals surface area contributed by atoms with Gasteiger partial charge in [0.2, 0.25) is 12.0 Å². The summed E-state index contributed by atoms with van der Waals surface area (Å²) in [6.07, 6.45) is -1.09. The van der Waals surface area contributed by atoms with Crippen molar-refractivity contribution < 1.29 is 28.8 Å². The van der Waals surface area contributed by atoms with Gasteiger partial charge in [-0.2, -0.15) is 0 Å². The smallest absolute Gasteiger partial charge is 0.278 e. The second kappa shape index (κ2) is 7.14. The molecule has 154 valence electrons. The maximum atomic E-state index is 13.2. The predicted octanol–water partition coefficient (Wildman–Crippen LogP) is 2.21. The van der Waals surface area contributed by atoms with Gasteiger partial charge in [0.15, 0.2) is 11.5 Å². The van der Waals surface area contributed by atoms with E-state index in [2.05, 4.69) is 5.16 Å². The first-order chi connectivity index (χ1) is 14.4. The van der Waals surface area contributed by atoms with Crippen LogP contribution in [0.5, 0.6) is 11.5 Å². The number of hydrogen-bond donors (Lipinski definition) is 0. The summed E-state index contributed by atoms with van der Waals surface area (Å²) in [5, 5.41) is 14.9. The quantitative estimate of drug-likeness (QED) is 0.420. The fraction of sp³-hybridized carbons (Fsp3) is 0.250. The van der Waals surface area contributed by atoms with E-state index in [1.807, 2.05) is 0 Å². The Morgan fingerprint density at radius 1 is 1.07 bits per heavy atom. The number of rotatable bonds is 5. The second-order valence-electron chi connectivity index (χ2n) is 6.79. The number of imide groups is 1. The Bertz CT molecular complexity index is 1110. The van der Waals surface area contributed by atoms with Crippen molar-refractivity contribution in [3.63, 3.8) is 0 Å². The van der Waals surface area contributed by atoms with Crippen LogP contribution in [0.2, 0.25) is 0 Å². The molecule has 0 aromatic heterocycles. The molecule has 0 unspecified atom stereocenters. The summed E-state index contributed by atoms with van der Waals surface area (Å²) < 4.78 is 10.5. The maximum Gasteiger partial charge on any atom is 0.278 e. The molecule has 0 spiro atoms. The number of carbonyl (C=O) groups excluding carboxylic acids is 2. The molecule has 2 aliphatic rings.